The van der Waals surface area contributed by atoms with E-state index in [0.29, 0.717) is 39.0 Å². The molecule has 7 nitrogen and oxygen atoms in total. The Labute approximate surface area is 153 Å². The van der Waals surface area contributed by atoms with E-state index in [2.05, 4.69) is 0 Å². The van der Waals surface area contributed by atoms with E-state index in [4.69, 9.17) is 9.84 Å². The van der Waals surface area contributed by atoms with Crippen molar-refractivity contribution in [3.05, 3.63) is 30.3 Å². The summed E-state index contributed by atoms with van der Waals surface area (Å²) in [4.78, 5) is 38.3. The van der Waals surface area contributed by atoms with Crippen molar-refractivity contribution >= 4 is 17.8 Å². The molecule has 2 amide bonds. The predicted octanol–water partition coefficient (Wildman–Crippen LogP) is 1.77. The second-order valence-corrected chi connectivity index (χ2v) is 6.42. The molecule has 7 heteroatoms. The van der Waals surface area contributed by atoms with Crippen LogP contribution in [0.4, 0.5) is 0 Å². The van der Waals surface area contributed by atoms with Crippen LogP contribution in [0.3, 0.4) is 0 Å². The Morgan fingerprint density at radius 1 is 1.19 bits per heavy atom. The number of nitrogens with zero attached hydrogens (tertiary/aromatic N) is 2. The Morgan fingerprint density at radius 2 is 1.92 bits per heavy atom. The summed E-state index contributed by atoms with van der Waals surface area (Å²) in [6, 6.07) is 9.22. The van der Waals surface area contributed by atoms with Crippen molar-refractivity contribution in [3.63, 3.8) is 0 Å². The van der Waals surface area contributed by atoms with Gasteiger partial charge in [-0.15, -0.1) is 0 Å². The van der Waals surface area contributed by atoms with Crippen molar-refractivity contribution in [2.75, 3.05) is 26.2 Å². The molecule has 1 aromatic carbocycles. The van der Waals surface area contributed by atoms with Gasteiger partial charge in [0, 0.05) is 26.1 Å². The summed E-state index contributed by atoms with van der Waals surface area (Å²) in [5.74, 6) is -0.500. The van der Waals surface area contributed by atoms with Crippen molar-refractivity contribution in [1.29, 1.82) is 0 Å². The van der Waals surface area contributed by atoms with Crippen LogP contribution in [0.15, 0.2) is 30.3 Å². The van der Waals surface area contributed by atoms with E-state index in [1.807, 2.05) is 30.3 Å². The number of amides is 2. The van der Waals surface area contributed by atoms with Crippen LogP contribution in [0.2, 0.25) is 0 Å². The maximum atomic E-state index is 12.4. The fraction of sp³-hybridized carbons (Fsp3) is 0.526. The summed E-state index contributed by atoms with van der Waals surface area (Å²) < 4.78 is 5.57. The van der Waals surface area contributed by atoms with Gasteiger partial charge in [0.1, 0.15) is 12.3 Å². The van der Waals surface area contributed by atoms with Gasteiger partial charge in [-0.05, 0) is 31.4 Å². The smallest absolute Gasteiger partial charge is 0.323 e. The molecular formula is C19H26N2O5. The maximum absolute atomic E-state index is 12.4. The lowest BCUT2D eigenvalue weighted by atomic mass is 10.1. The van der Waals surface area contributed by atoms with Gasteiger partial charge < -0.3 is 19.6 Å². The Bertz CT molecular complexity index is 620. The van der Waals surface area contributed by atoms with Gasteiger partial charge in [-0.2, -0.15) is 0 Å². The highest BCUT2D eigenvalue weighted by Gasteiger charge is 2.27. The number of rotatable bonds is 7. The molecule has 0 unspecified atom stereocenters. The average Bonchev–Trinajstić information content (AvgIpc) is 2.86. The summed E-state index contributed by atoms with van der Waals surface area (Å²) in [5.41, 5.74) is 0. The van der Waals surface area contributed by atoms with Crippen molar-refractivity contribution in [2.45, 2.75) is 38.6 Å². The SMILES string of the molecule is CC(=O)N(CC(=O)O)[C@@H]1CCCN(C(=O)CCOc2ccccc2)CC1. The van der Waals surface area contributed by atoms with E-state index >= 15 is 0 Å². The number of hydrogen-bond acceptors (Lipinski definition) is 4. The van der Waals surface area contributed by atoms with Crippen molar-refractivity contribution in [2.24, 2.45) is 0 Å². The lowest BCUT2D eigenvalue weighted by molar-refractivity contribution is -0.145. The summed E-state index contributed by atoms with van der Waals surface area (Å²) in [7, 11) is 0. The van der Waals surface area contributed by atoms with Gasteiger partial charge in [0.05, 0.1) is 13.0 Å². The third kappa shape index (κ3) is 6.06. The fourth-order valence-electron chi connectivity index (χ4n) is 3.21. The van der Waals surface area contributed by atoms with Crippen LogP contribution in [0, 0.1) is 0 Å². The number of para-hydroxylation sites is 1. The first kappa shape index (κ1) is 19.8. The van der Waals surface area contributed by atoms with Gasteiger partial charge in [-0.1, -0.05) is 18.2 Å². The molecular weight excluding hydrogens is 336 g/mol. The van der Waals surface area contributed by atoms with Gasteiger partial charge in [-0.25, -0.2) is 0 Å². The molecule has 1 atom stereocenters. The highest BCUT2D eigenvalue weighted by molar-refractivity contribution is 5.80. The first-order chi connectivity index (χ1) is 12.5. The molecule has 0 bridgehead atoms. The molecule has 26 heavy (non-hydrogen) atoms. The van der Waals surface area contributed by atoms with E-state index in [1.165, 1.54) is 11.8 Å². The molecule has 2 rings (SSSR count). The third-order valence-corrected chi connectivity index (χ3v) is 4.53. The number of hydrogen-bond donors (Lipinski definition) is 1. The Kier molecular flexibility index (Phi) is 7.44. The van der Waals surface area contributed by atoms with Crippen LogP contribution in [0.5, 0.6) is 5.75 Å². The number of likely N-dealkylation sites (tertiary alicyclic amines) is 1. The molecule has 1 aliphatic rings. The molecule has 0 saturated carbocycles. The Balaban J connectivity index is 1.82. The molecule has 0 radical (unpaired) electrons. The van der Waals surface area contributed by atoms with Gasteiger partial charge >= 0.3 is 5.97 Å². The fourth-order valence-corrected chi connectivity index (χ4v) is 3.21. The number of ether oxygens (including phenoxy) is 1. The predicted molar refractivity (Wildman–Crippen MR) is 95.8 cm³/mol. The monoisotopic (exact) mass is 362 g/mol. The van der Waals surface area contributed by atoms with Crippen LogP contribution in [0.1, 0.15) is 32.6 Å². The minimum atomic E-state index is -1.02. The summed E-state index contributed by atoms with van der Waals surface area (Å²) >= 11 is 0. The highest BCUT2D eigenvalue weighted by Crippen LogP contribution is 2.18. The maximum Gasteiger partial charge on any atom is 0.323 e. The second kappa shape index (κ2) is 9.79. The van der Waals surface area contributed by atoms with Gasteiger partial charge in [0.15, 0.2) is 0 Å². The van der Waals surface area contributed by atoms with Crippen LogP contribution in [-0.4, -0.2) is 65.0 Å². The van der Waals surface area contributed by atoms with Gasteiger partial charge in [0.25, 0.3) is 0 Å². The lowest BCUT2D eigenvalue weighted by Crippen LogP contribution is -2.43. The first-order valence-electron chi connectivity index (χ1n) is 8.92. The minimum absolute atomic E-state index is 0.0224. The number of carbonyl (C=O) groups is 3. The topological polar surface area (TPSA) is 87.2 Å². The van der Waals surface area contributed by atoms with Crippen LogP contribution < -0.4 is 4.74 Å². The zero-order valence-electron chi connectivity index (χ0n) is 15.1. The van der Waals surface area contributed by atoms with E-state index in [9.17, 15) is 14.4 Å². The van der Waals surface area contributed by atoms with Crippen molar-refractivity contribution < 1.29 is 24.2 Å². The second-order valence-electron chi connectivity index (χ2n) is 6.42. The molecule has 0 spiro atoms. The molecule has 142 valence electrons. The molecule has 1 N–H and O–H groups in total. The zero-order valence-corrected chi connectivity index (χ0v) is 15.1. The van der Waals surface area contributed by atoms with Crippen molar-refractivity contribution in [1.82, 2.24) is 9.80 Å². The number of benzene rings is 1. The van der Waals surface area contributed by atoms with E-state index < -0.39 is 5.97 Å². The van der Waals surface area contributed by atoms with Crippen molar-refractivity contribution in [3.8, 4) is 5.75 Å². The first-order valence-corrected chi connectivity index (χ1v) is 8.92. The molecule has 1 aromatic rings. The van der Waals surface area contributed by atoms with E-state index in [-0.39, 0.29) is 24.4 Å². The standard InChI is InChI=1S/C19H26N2O5/c1-15(22)21(14-19(24)25)16-6-5-11-20(12-9-16)18(23)10-13-26-17-7-3-2-4-8-17/h2-4,7-8,16H,5-6,9-14H2,1H3,(H,24,25)/t16-/m1/s1. The summed E-state index contributed by atoms with van der Waals surface area (Å²) in [5, 5.41) is 8.99. The Hall–Kier alpha value is -2.57. The minimum Gasteiger partial charge on any atom is -0.493 e. The number of aliphatic carboxylic acids is 1. The summed E-state index contributed by atoms with van der Waals surface area (Å²) in [6.07, 6.45) is 2.35. The quantitative estimate of drug-likeness (QED) is 0.799. The van der Waals surface area contributed by atoms with Gasteiger partial charge in [0.2, 0.25) is 11.8 Å². The normalized spacial score (nSPS) is 17.3. The lowest BCUT2D eigenvalue weighted by Gasteiger charge is -2.28. The highest BCUT2D eigenvalue weighted by atomic mass is 16.5. The average molecular weight is 362 g/mol. The molecule has 0 aromatic heterocycles. The largest absolute Gasteiger partial charge is 0.493 e. The number of carboxylic acid groups (broad SMARTS) is 1. The molecule has 0 aliphatic carbocycles. The molecule has 1 heterocycles. The van der Waals surface area contributed by atoms with E-state index in [1.54, 1.807) is 4.90 Å². The number of carboxylic acids is 1. The van der Waals surface area contributed by atoms with Crippen LogP contribution in [-0.2, 0) is 14.4 Å². The third-order valence-electron chi connectivity index (χ3n) is 4.53. The molecule has 1 fully saturated rings. The van der Waals surface area contributed by atoms with Crippen LogP contribution >= 0.6 is 0 Å². The molecule has 1 aliphatic heterocycles. The number of carbonyl (C=O) groups excluding carboxylic acids is 2. The Morgan fingerprint density at radius 3 is 2.58 bits per heavy atom. The van der Waals surface area contributed by atoms with E-state index in [0.717, 1.165) is 12.2 Å². The van der Waals surface area contributed by atoms with Gasteiger partial charge in [-0.3, -0.25) is 14.4 Å². The summed E-state index contributed by atoms with van der Waals surface area (Å²) in [6.45, 7) is 2.57. The van der Waals surface area contributed by atoms with Crippen LogP contribution in [0.25, 0.3) is 0 Å². The zero-order chi connectivity index (χ0) is 18.9. The molecule has 1 saturated heterocycles.